The third-order valence-electron chi connectivity index (χ3n) is 5.37. The molecule has 1 unspecified atom stereocenters. The van der Waals surface area contributed by atoms with Crippen LogP contribution < -0.4 is 9.62 Å². The Balaban J connectivity index is 1.64. The molecule has 0 saturated carbocycles. The number of hydrogen-bond donors (Lipinski definition) is 1. The fourth-order valence-electron chi connectivity index (χ4n) is 3.74. The van der Waals surface area contributed by atoms with Crippen LogP contribution in [-0.4, -0.2) is 20.4 Å². The molecule has 1 aliphatic heterocycles. The summed E-state index contributed by atoms with van der Waals surface area (Å²) in [6, 6.07) is 17.4. The van der Waals surface area contributed by atoms with E-state index in [0.29, 0.717) is 16.8 Å². The van der Waals surface area contributed by atoms with Crippen LogP contribution in [0.5, 0.6) is 0 Å². The summed E-state index contributed by atoms with van der Waals surface area (Å²) in [6.07, 6.45) is 0. The van der Waals surface area contributed by atoms with Crippen molar-refractivity contribution in [1.29, 1.82) is 0 Å². The zero-order valence-electron chi connectivity index (χ0n) is 16.9. The summed E-state index contributed by atoms with van der Waals surface area (Å²) in [6.45, 7) is 7.98. The smallest absolute Gasteiger partial charge is 0.265 e. The molecule has 1 N–H and O–H groups in total. The summed E-state index contributed by atoms with van der Waals surface area (Å²) in [5.74, 6) is -0.373. The first-order valence-corrected chi connectivity index (χ1v) is 11.0. The van der Waals surface area contributed by atoms with Gasteiger partial charge in [0.2, 0.25) is 5.91 Å². The number of carbonyl (C=O) groups excluding carboxylic acids is 1. The van der Waals surface area contributed by atoms with Gasteiger partial charge in [0.25, 0.3) is 10.0 Å². The monoisotopic (exact) mass is 408 g/mol. The summed E-state index contributed by atoms with van der Waals surface area (Å²) in [7, 11) is -3.79. The average Bonchev–Trinajstić information content (AvgIpc) is 2.90. The van der Waals surface area contributed by atoms with Gasteiger partial charge in [-0.15, -0.1) is 0 Å². The van der Waals surface area contributed by atoms with Crippen molar-refractivity contribution in [3.63, 3.8) is 0 Å². The van der Waals surface area contributed by atoms with E-state index in [0.717, 1.165) is 10.9 Å². The van der Waals surface area contributed by atoms with Gasteiger partial charge < -0.3 is 5.32 Å². The van der Waals surface area contributed by atoms with Crippen molar-refractivity contribution >= 4 is 38.1 Å². The lowest BCUT2D eigenvalue weighted by Crippen LogP contribution is -2.43. The fourth-order valence-corrected chi connectivity index (χ4v) is 5.61. The van der Waals surface area contributed by atoms with Gasteiger partial charge in [-0.1, -0.05) is 57.2 Å². The molecule has 1 aliphatic rings. The van der Waals surface area contributed by atoms with Crippen LogP contribution in [0.3, 0.4) is 0 Å². The van der Waals surface area contributed by atoms with Crippen molar-refractivity contribution in [3.05, 3.63) is 66.2 Å². The highest BCUT2D eigenvalue weighted by Crippen LogP contribution is 2.43. The average molecular weight is 409 g/mol. The van der Waals surface area contributed by atoms with Crippen LogP contribution in [0.25, 0.3) is 10.8 Å². The molecule has 0 aromatic heterocycles. The van der Waals surface area contributed by atoms with E-state index >= 15 is 0 Å². The van der Waals surface area contributed by atoms with Crippen LogP contribution in [0.4, 0.5) is 11.4 Å². The van der Waals surface area contributed by atoms with E-state index in [1.807, 2.05) is 42.5 Å². The molecular weight excluding hydrogens is 384 g/mol. The predicted octanol–water partition coefficient (Wildman–Crippen LogP) is 4.67. The van der Waals surface area contributed by atoms with Crippen LogP contribution in [0, 0.1) is 0 Å². The third-order valence-corrected chi connectivity index (χ3v) is 7.30. The first-order valence-electron chi connectivity index (χ1n) is 9.58. The minimum Gasteiger partial charge on any atom is -0.324 e. The maximum absolute atomic E-state index is 13.2. The Kier molecular flexibility index (Phi) is 4.42. The number of hydrogen-bond acceptors (Lipinski definition) is 3. The topological polar surface area (TPSA) is 66.5 Å². The van der Waals surface area contributed by atoms with E-state index in [-0.39, 0.29) is 16.2 Å². The Hall–Kier alpha value is -2.86. The highest BCUT2D eigenvalue weighted by molar-refractivity contribution is 7.93. The first kappa shape index (κ1) is 19.5. The summed E-state index contributed by atoms with van der Waals surface area (Å²) in [5, 5.41) is 4.36. The molecule has 1 atom stereocenters. The maximum atomic E-state index is 13.2. The van der Waals surface area contributed by atoms with E-state index in [1.54, 1.807) is 25.1 Å². The van der Waals surface area contributed by atoms with Crippen molar-refractivity contribution in [2.45, 2.75) is 44.0 Å². The molecule has 5 nitrogen and oxygen atoms in total. The number of benzene rings is 3. The van der Waals surface area contributed by atoms with Gasteiger partial charge in [0.15, 0.2) is 0 Å². The molecule has 29 heavy (non-hydrogen) atoms. The summed E-state index contributed by atoms with van der Waals surface area (Å²) in [4.78, 5) is 13.2. The Morgan fingerprint density at radius 3 is 2.21 bits per heavy atom. The lowest BCUT2D eigenvalue weighted by atomic mass is 9.87. The van der Waals surface area contributed by atoms with Crippen LogP contribution in [0.15, 0.2) is 65.6 Å². The van der Waals surface area contributed by atoms with Gasteiger partial charge in [-0.2, -0.15) is 0 Å². The molecule has 150 valence electrons. The second-order valence-electron chi connectivity index (χ2n) is 8.42. The highest BCUT2D eigenvalue weighted by Gasteiger charge is 2.40. The normalized spacial score (nSPS) is 16.1. The largest absolute Gasteiger partial charge is 0.324 e. The number of sulfonamides is 1. The van der Waals surface area contributed by atoms with Gasteiger partial charge in [-0.05, 0) is 47.6 Å². The number of amides is 1. The predicted molar refractivity (Wildman–Crippen MR) is 117 cm³/mol. The molecule has 1 heterocycles. The fraction of sp³-hybridized carbons (Fsp3) is 0.261. The molecule has 1 amide bonds. The van der Waals surface area contributed by atoms with Crippen LogP contribution in [0.2, 0.25) is 0 Å². The zero-order valence-corrected chi connectivity index (χ0v) is 17.7. The molecule has 0 bridgehead atoms. The van der Waals surface area contributed by atoms with Gasteiger partial charge in [0.1, 0.15) is 6.04 Å². The van der Waals surface area contributed by atoms with Gasteiger partial charge in [-0.25, -0.2) is 8.42 Å². The maximum Gasteiger partial charge on any atom is 0.265 e. The highest BCUT2D eigenvalue weighted by atomic mass is 32.2. The Morgan fingerprint density at radius 2 is 1.59 bits per heavy atom. The molecule has 0 saturated heterocycles. The van der Waals surface area contributed by atoms with E-state index in [9.17, 15) is 13.2 Å². The SMILES string of the molecule is CC(C(=O)Nc1ccc(C(C)(C)C)cc1)N1c2cccc3cccc(c23)S1(=O)=O. The minimum absolute atomic E-state index is 0.0178. The molecule has 0 radical (unpaired) electrons. The third kappa shape index (κ3) is 3.17. The van der Waals surface area contributed by atoms with Gasteiger partial charge in [0.05, 0.1) is 10.6 Å². The number of carbonyl (C=O) groups is 1. The van der Waals surface area contributed by atoms with Crippen LogP contribution in [-0.2, 0) is 20.2 Å². The van der Waals surface area contributed by atoms with Gasteiger partial charge in [-0.3, -0.25) is 9.10 Å². The van der Waals surface area contributed by atoms with Crippen molar-refractivity contribution in [2.24, 2.45) is 0 Å². The second kappa shape index (κ2) is 6.59. The van der Waals surface area contributed by atoms with E-state index < -0.39 is 16.1 Å². The van der Waals surface area contributed by atoms with Crippen molar-refractivity contribution < 1.29 is 13.2 Å². The lowest BCUT2D eigenvalue weighted by Gasteiger charge is -2.25. The number of rotatable bonds is 3. The first-order chi connectivity index (χ1) is 13.6. The number of nitrogens with zero attached hydrogens (tertiary/aromatic N) is 1. The van der Waals surface area contributed by atoms with E-state index in [4.69, 9.17) is 0 Å². The number of nitrogens with one attached hydrogen (secondary N) is 1. The van der Waals surface area contributed by atoms with Crippen molar-refractivity contribution in [2.75, 3.05) is 9.62 Å². The molecular formula is C23H24N2O3S. The van der Waals surface area contributed by atoms with E-state index in [1.165, 1.54) is 4.31 Å². The molecule has 3 aromatic carbocycles. The van der Waals surface area contributed by atoms with Crippen LogP contribution >= 0.6 is 0 Å². The second-order valence-corrected chi connectivity index (χ2v) is 10.2. The summed E-state index contributed by atoms with van der Waals surface area (Å²) >= 11 is 0. The molecule has 6 heteroatoms. The molecule has 4 rings (SSSR count). The standard InChI is InChI=1S/C23H24N2O3S/c1-15(22(26)24-18-13-11-17(12-14-18)23(2,3)4)25-19-9-5-7-16-8-6-10-20(21(16)19)29(25,27)28/h5-15H,1-4H3,(H,24,26). The Bertz CT molecular complexity index is 1200. The Morgan fingerprint density at radius 1 is 0.966 bits per heavy atom. The van der Waals surface area contributed by atoms with Crippen molar-refractivity contribution in [3.8, 4) is 0 Å². The summed E-state index contributed by atoms with van der Waals surface area (Å²) < 4.78 is 27.6. The van der Waals surface area contributed by atoms with Gasteiger partial charge in [0, 0.05) is 11.1 Å². The minimum atomic E-state index is -3.79. The van der Waals surface area contributed by atoms with Crippen molar-refractivity contribution in [1.82, 2.24) is 0 Å². The molecule has 0 spiro atoms. The number of anilines is 2. The van der Waals surface area contributed by atoms with E-state index in [2.05, 4.69) is 26.1 Å². The summed E-state index contributed by atoms with van der Waals surface area (Å²) in [5.41, 5.74) is 2.36. The van der Waals surface area contributed by atoms with Gasteiger partial charge >= 0.3 is 0 Å². The quantitative estimate of drug-likeness (QED) is 0.685. The molecule has 0 aliphatic carbocycles. The Labute approximate surface area is 171 Å². The molecule has 0 fully saturated rings. The zero-order chi connectivity index (χ0) is 21.0. The lowest BCUT2D eigenvalue weighted by molar-refractivity contribution is -0.116. The molecule has 3 aromatic rings. The van der Waals surface area contributed by atoms with Crippen LogP contribution in [0.1, 0.15) is 33.3 Å².